The molecule has 0 unspecified atom stereocenters. The molecule has 1 heterocycles. The number of rotatable bonds is 9. The first-order valence-corrected chi connectivity index (χ1v) is 11.1. The number of nitrogens with one attached hydrogen (secondary N) is 1. The summed E-state index contributed by atoms with van der Waals surface area (Å²) in [6.45, 7) is 7.66. The molecular formula is C21H25N3O5S. The normalized spacial score (nSPS) is 15.1. The predicted molar refractivity (Wildman–Crippen MR) is 114 cm³/mol. The van der Waals surface area contributed by atoms with Crippen LogP contribution in [0.3, 0.4) is 0 Å². The van der Waals surface area contributed by atoms with E-state index in [2.05, 4.69) is 16.2 Å². The van der Waals surface area contributed by atoms with Gasteiger partial charge in [-0.1, -0.05) is 36.4 Å². The summed E-state index contributed by atoms with van der Waals surface area (Å²) in [5.41, 5.74) is 2.34. The monoisotopic (exact) mass is 431 g/mol. The van der Waals surface area contributed by atoms with Gasteiger partial charge in [-0.25, -0.2) is 13.1 Å². The molecule has 9 heteroatoms. The van der Waals surface area contributed by atoms with Crippen LogP contribution in [-0.4, -0.2) is 51.1 Å². The van der Waals surface area contributed by atoms with Crippen LogP contribution < -0.4 is 4.72 Å². The second-order valence-corrected chi connectivity index (χ2v) is 8.84. The highest BCUT2D eigenvalue weighted by molar-refractivity contribution is 7.89. The third-order valence-corrected chi connectivity index (χ3v) is 6.33. The molecule has 0 aromatic heterocycles. The number of sulfonamides is 1. The highest BCUT2D eigenvalue weighted by atomic mass is 32.2. The minimum Gasteiger partial charge on any atom is -0.379 e. The zero-order valence-electron chi connectivity index (χ0n) is 16.6. The van der Waals surface area contributed by atoms with Gasteiger partial charge >= 0.3 is 0 Å². The van der Waals surface area contributed by atoms with E-state index in [1.807, 2.05) is 24.3 Å². The Kier molecular flexibility index (Phi) is 7.33. The van der Waals surface area contributed by atoms with Crippen molar-refractivity contribution in [1.29, 1.82) is 0 Å². The average molecular weight is 432 g/mol. The van der Waals surface area contributed by atoms with Crippen LogP contribution in [0.5, 0.6) is 0 Å². The largest absolute Gasteiger partial charge is 0.379 e. The van der Waals surface area contributed by atoms with Crippen molar-refractivity contribution in [2.45, 2.75) is 17.9 Å². The average Bonchev–Trinajstić information content (AvgIpc) is 2.74. The second-order valence-electron chi connectivity index (χ2n) is 7.07. The zero-order valence-corrected chi connectivity index (χ0v) is 17.4. The first kappa shape index (κ1) is 22.1. The fraction of sp³-hybridized carbons (Fsp3) is 0.333. The molecule has 0 radical (unpaired) electrons. The van der Waals surface area contributed by atoms with E-state index in [4.69, 9.17) is 4.74 Å². The Balaban J connectivity index is 1.75. The van der Waals surface area contributed by atoms with Gasteiger partial charge < -0.3 is 4.74 Å². The molecule has 0 aliphatic carbocycles. The SMILES string of the molecule is C=CCNS(=O)(=O)c1ccc(Cc2ccc(CN3CCOCC3)cc2)c([N+](=O)[O-])c1. The van der Waals surface area contributed by atoms with Crippen molar-refractivity contribution >= 4 is 15.7 Å². The lowest BCUT2D eigenvalue weighted by Gasteiger charge is -2.26. The van der Waals surface area contributed by atoms with E-state index in [1.165, 1.54) is 23.8 Å². The zero-order chi connectivity index (χ0) is 21.6. The molecule has 1 fully saturated rings. The van der Waals surface area contributed by atoms with Gasteiger partial charge in [-0.15, -0.1) is 6.58 Å². The van der Waals surface area contributed by atoms with Crippen LogP contribution in [0.1, 0.15) is 16.7 Å². The standard InChI is InChI=1S/C21H25N3O5S/c1-2-9-22-30(27,28)20-8-7-19(21(15-20)24(25)26)14-17-3-5-18(6-4-17)16-23-10-12-29-13-11-23/h2-8,15,22H,1,9-14,16H2. The van der Waals surface area contributed by atoms with Gasteiger partial charge in [0, 0.05) is 44.2 Å². The Hall–Kier alpha value is -2.59. The van der Waals surface area contributed by atoms with Crippen molar-refractivity contribution in [3.63, 3.8) is 0 Å². The fourth-order valence-electron chi connectivity index (χ4n) is 3.28. The number of morpholine rings is 1. The van der Waals surface area contributed by atoms with E-state index >= 15 is 0 Å². The summed E-state index contributed by atoms with van der Waals surface area (Å²) >= 11 is 0. The molecule has 160 valence electrons. The summed E-state index contributed by atoms with van der Waals surface area (Å²) in [4.78, 5) is 13.2. The van der Waals surface area contributed by atoms with E-state index in [0.717, 1.165) is 44.5 Å². The molecule has 1 aliphatic heterocycles. The molecule has 0 bridgehead atoms. The number of ether oxygens (including phenoxy) is 1. The highest BCUT2D eigenvalue weighted by Crippen LogP contribution is 2.25. The topological polar surface area (TPSA) is 102 Å². The van der Waals surface area contributed by atoms with Gasteiger partial charge in [-0.3, -0.25) is 15.0 Å². The van der Waals surface area contributed by atoms with Crippen LogP contribution in [0.25, 0.3) is 0 Å². The van der Waals surface area contributed by atoms with E-state index in [0.29, 0.717) is 12.0 Å². The van der Waals surface area contributed by atoms with Gasteiger partial charge in [0.1, 0.15) is 0 Å². The van der Waals surface area contributed by atoms with E-state index in [9.17, 15) is 18.5 Å². The second kappa shape index (κ2) is 9.94. The molecule has 0 atom stereocenters. The molecule has 1 saturated heterocycles. The minimum absolute atomic E-state index is 0.0503. The van der Waals surface area contributed by atoms with Crippen LogP contribution in [-0.2, 0) is 27.7 Å². The van der Waals surface area contributed by atoms with Gasteiger partial charge in [-0.05, 0) is 17.2 Å². The minimum atomic E-state index is -3.83. The Morgan fingerprint density at radius 3 is 2.43 bits per heavy atom. The highest BCUT2D eigenvalue weighted by Gasteiger charge is 2.21. The maximum atomic E-state index is 12.2. The van der Waals surface area contributed by atoms with E-state index in [1.54, 1.807) is 0 Å². The van der Waals surface area contributed by atoms with Gasteiger partial charge in [0.15, 0.2) is 0 Å². The number of benzene rings is 2. The number of nitrogens with zero attached hydrogens (tertiary/aromatic N) is 2. The molecule has 2 aromatic rings. The number of nitro groups is 1. The van der Waals surface area contributed by atoms with Crippen LogP contribution >= 0.6 is 0 Å². The Bertz CT molecular complexity index is 1000. The molecule has 2 aromatic carbocycles. The van der Waals surface area contributed by atoms with Crippen molar-refractivity contribution in [2.24, 2.45) is 0 Å². The third kappa shape index (κ3) is 5.73. The van der Waals surface area contributed by atoms with Crippen molar-refractivity contribution in [2.75, 3.05) is 32.8 Å². The Morgan fingerprint density at radius 2 is 1.80 bits per heavy atom. The lowest BCUT2D eigenvalue weighted by molar-refractivity contribution is -0.385. The van der Waals surface area contributed by atoms with Gasteiger partial charge in [0.25, 0.3) is 5.69 Å². The predicted octanol–water partition coefficient (Wildman–Crippen LogP) is 2.48. The lowest BCUT2D eigenvalue weighted by Crippen LogP contribution is -2.35. The molecule has 1 aliphatic rings. The first-order chi connectivity index (χ1) is 14.4. The van der Waals surface area contributed by atoms with Crippen LogP contribution in [0.4, 0.5) is 5.69 Å². The molecule has 0 amide bonds. The number of hydrogen-bond acceptors (Lipinski definition) is 6. The lowest BCUT2D eigenvalue weighted by atomic mass is 10.0. The van der Waals surface area contributed by atoms with Crippen molar-refractivity contribution in [3.8, 4) is 0 Å². The quantitative estimate of drug-likeness (QED) is 0.372. The summed E-state index contributed by atoms with van der Waals surface area (Å²) in [5, 5.41) is 11.5. The Morgan fingerprint density at radius 1 is 1.13 bits per heavy atom. The van der Waals surface area contributed by atoms with E-state index in [-0.39, 0.29) is 17.1 Å². The number of nitro benzene ring substituents is 1. The van der Waals surface area contributed by atoms with Crippen molar-refractivity contribution < 1.29 is 18.1 Å². The summed E-state index contributed by atoms with van der Waals surface area (Å²) < 4.78 is 32.2. The van der Waals surface area contributed by atoms with Gasteiger partial charge in [0.05, 0.1) is 23.0 Å². The first-order valence-electron chi connectivity index (χ1n) is 9.65. The van der Waals surface area contributed by atoms with Crippen molar-refractivity contribution in [1.82, 2.24) is 9.62 Å². The van der Waals surface area contributed by atoms with Gasteiger partial charge in [-0.2, -0.15) is 0 Å². The van der Waals surface area contributed by atoms with Crippen LogP contribution in [0, 0.1) is 10.1 Å². The van der Waals surface area contributed by atoms with E-state index < -0.39 is 14.9 Å². The van der Waals surface area contributed by atoms with Crippen LogP contribution in [0.2, 0.25) is 0 Å². The summed E-state index contributed by atoms with van der Waals surface area (Å²) in [6, 6.07) is 11.9. The smallest absolute Gasteiger partial charge is 0.274 e. The molecule has 0 saturated carbocycles. The molecule has 30 heavy (non-hydrogen) atoms. The fourth-order valence-corrected chi connectivity index (χ4v) is 4.30. The van der Waals surface area contributed by atoms with Gasteiger partial charge in [0.2, 0.25) is 10.0 Å². The maximum absolute atomic E-state index is 12.2. The molecule has 8 nitrogen and oxygen atoms in total. The third-order valence-electron chi connectivity index (χ3n) is 4.91. The van der Waals surface area contributed by atoms with Crippen molar-refractivity contribution in [3.05, 3.63) is 81.9 Å². The summed E-state index contributed by atoms with van der Waals surface area (Å²) in [7, 11) is -3.83. The molecule has 0 spiro atoms. The Labute approximate surface area is 176 Å². The number of hydrogen-bond donors (Lipinski definition) is 1. The molecular weight excluding hydrogens is 406 g/mol. The van der Waals surface area contributed by atoms with Crippen LogP contribution in [0.15, 0.2) is 60.0 Å². The molecule has 3 rings (SSSR count). The maximum Gasteiger partial charge on any atom is 0.274 e. The molecule has 1 N–H and O–H groups in total. The summed E-state index contributed by atoms with van der Waals surface area (Å²) in [6.07, 6.45) is 1.75. The summed E-state index contributed by atoms with van der Waals surface area (Å²) in [5.74, 6) is 0.